The van der Waals surface area contributed by atoms with E-state index in [-0.39, 0.29) is 20.1 Å². The van der Waals surface area contributed by atoms with E-state index in [1.807, 2.05) is 97.5 Å². The first-order valence-corrected chi connectivity index (χ1v) is 17.3. The summed E-state index contributed by atoms with van der Waals surface area (Å²) in [6.45, 7) is 4.29. The number of hydrogen-bond donors (Lipinski definition) is 0. The minimum Gasteiger partial charge on any atom is -0.305 e. The molecule has 0 N–H and O–H groups in total. The van der Waals surface area contributed by atoms with E-state index < -0.39 is 0 Å². The first-order valence-electron chi connectivity index (χ1n) is 17.3. The SMILES string of the molecule is Cc1ccc2c(c1)c(-c1cc(-c3ccccn3)cc(-c3cc(-c4ccccn4)[c-]cc3C)c1)cc1ncccc12.[Ir].[c-]1ccccc1-c1ccccn1. The molecule has 1 radical (unpaired) electrons. The molecule has 0 aliphatic rings. The van der Waals surface area contributed by atoms with E-state index >= 15 is 0 Å². The van der Waals surface area contributed by atoms with E-state index in [0.29, 0.717) is 0 Å². The molecule has 0 atom stereocenters. The number of aryl methyl sites for hydroxylation is 2. The summed E-state index contributed by atoms with van der Waals surface area (Å²) >= 11 is 0. The Morgan fingerprint density at radius 2 is 1.08 bits per heavy atom. The van der Waals surface area contributed by atoms with Crippen LogP contribution in [0, 0.1) is 26.0 Å². The number of aromatic nitrogens is 4. The molecule has 0 saturated heterocycles. The van der Waals surface area contributed by atoms with Crippen molar-refractivity contribution in [2.45, 2.75) is 13.8 Å². The molecule has 0 amide bonds. The van der Waals surface area contributed by atoms with Crippen LogP contribution < -0.4 is 0 Å². The molecule has 257 valence electrons. The van der Waals surface area contributed by atoms with Gasteiger partial charge < -0.3 is 9.97 Å². The van der Waals surface area contributed by atoms with Crippen LogP contribution in [0.4, 0.5) is 0 Å². The van der Waals surface area contributed by atoms with Crippen molar-refractivity contribution >= 4 is 21.7 Å². The number of benzene rings is 5. The Labute approximate surface area is 323 Å². The quantitative estimate of drug-likeness (QED) is 0.128. The number of fused-ring (bicyclic) bond motifs is 3. The molecule has 4 heterocycles. The van der Waals surface area contributed by atoms with Crippen LogP contribution in [0.5, 0.6) is 0 Å². The van der Waals surface area contributed by atoms with Gasteiger partial charge in [0.25, 0.3) is 0 Å². The molecule has 4 nitrogen and oxygen atoms in total. The van der Waals surface area contributed by atoms with Crippen LogP contribution in [0.1, 0.15) is 11.1 Å². The minimum atomic E-state index is 0. The predicted octanol–water partition coefficient (Wildman–Crippen LogP) is 11.8. The molecule has 0 fully saturated rings. The molecule has 0 aliphatic heterocycles. The van der Waals surface area contributed by atoms with Gasteiger partial charge in [-0.2, -0.15) is 0 Å². The minimum absolute atomic E-state index is 0. The largest absolute Gasteiger partial charge is 0.305 e. The zero-order valence-electron chi connectivity index (χ0n) is 29.3. The molecule has 9 aromatic rings. The maximum Gasteiger partial charge on any atom is 0.0714 e. The number of pyridine rings is 4. The molecule has 0 spiro atoms. The van der Waals surface area contributed by atoms with Crippen molar-refractivity contribution in [2.75, 3.05) is 0 Å². The van der Waals surface area contributed by atoms with E-state index in [1.54, 1.807) is 6.20 Å². The molecule has 4 aromatic heterocycles. The Morgan fingerprint density at radius 1 is 0.434 bits per heavy atom. The van der Waals surface area contributed by atoms with Crippen LogP contribution >= 0.6 is 0 Å². The summed E-state index contributed by atoms with van der Waals surface area (Å²) in [5.41, 5.74) is 13.9. The Bertz CT molecular complexity index is 2590. The Hall–Kier alpha value is -6.13. The summed E-state index contributed by atoms with van der Waals surface area (Å²) in [6, 6.07) is 56.4. The normalized spacial score (nSPS) is 10.7. The molecular formula is C48H34IrN4-2. The zero-order valence-corrected chi connectivity index (χ0v) is 31.7. The third-order valence-electron chi connectivity index (χ3n) is 9.14. The van der Waals surface area contributed by atoms with Crippen LogP contribution in [0.2, 0.25) is 0 Å². The summed E-state index contributed by atoms with van der Waals surface area (Å²) in [6.07, 6.45) is 7.33. The second-order valence-corrected chi connectivity index (χ2v) is 12.7. The van der Waals surface area contributed by atoms with Crippen LogP contribution in [0.15, 0.2) is 170 Å². The van der Waals surface area contributed by atoms with E-state index in [9.17, 15) is 0 Å². The van der Waals surface area contributed by atoms with Gasteiger partial charge in [-0.05, 0) is 100 Å². The Kier molecular flexibility index (Phi) is 10.7. The summed E-state index contributed by atoms with van der Waals surface area (Å²) in [4.78, 5) is 18.2. The smallest absolute Gasteiger partial charge is 0.0714 e. The summed E-state index contributed by atoms with van der Waals surface area (Å²) in [5, 5.41) is 3.59. The zero-order chi connectivity index (χ0) is 35.3. The van der Waals surface area contributed by atoms with Crippen molar-refractivity contribution in [1.82, 2.24) is 19.9 Å². The van der Waals surface area contributed by atoms with Gasteiger partial charge in [-0.1, -0.05) is 72.6 Å². The van der Waals surface area contributed by atoms with Gasteiger partial charge in [0.05, 0.1) is 11.2 Å². The number of nitrogens with zero attached hydrogens (tertiary/aromatic N) is 4. The van der Waals surface area contributed by atoms with Gasteiger partial charge in [0, 0.05) is 55.8 Å². The molecule has 0 saturated carbocycles. The van der Waals surface area contributed by atoms with Crippen molar-refractivity contribution in [3.05, 3.63) is 194 Å². The summed E-state index contributed by atoms with van der Waals surface area (Å²) in [5.74, 6) is 0. The monoisotopic (exact) mass is 859 g/mol. The van der Waals surface area contributed by atoms with Gasteiger partial charge in [-0.15, -0.1) is 65.2 Å². The molecule has 53 heavy (non-hydrogen) atoms. The van der Waals surface area contributed by atoms with Gasteiger partial charge in [-0.3, -0.25) is 9.97 Å². The molecule has 9 rings (SSSR count). The fourth-order valence-corrected chi connectivity index (χ4v) is 6.57. The Morgan fingerprint density at radius 3 is 1.75 bits per heavy atom. The third-order valence-corrected chi connectivity index (χ3v) is 9.14. The molecular weight excluding hydrogens is 825 g/mol. The van der Waals surface area contributed by atoms with Gasteiger partial charge in [0.15, 0.2) is 0 Å². The van der Waals surface area contributed by atoms with Gasteiger partial charge in [-0.25, -0.2) is 0 Å². The molecule has 5 heteroatoms. The van der Waals surface area contributed by atoms with Gasteiger partial charge in [0.1, 0.15) is 0 Å². The van der Waals surface area contributed by atoms with Gasteiger partial charge in [0.2, 0.25) is 0 Å². The van der Waals surface area contributed by atoms with Crippen molar-refractivity contribution in [3.63, 3.8) is 0 Å². The second kappa shape index (κ2) is 16.0. The maximum atomic E-state index is 4.74. The summed E-state index contributed by atoms with van der Waals surface area (Å²) < 4.78 is 0. The van der Waals surface area contributed by atoms with Crippen LogP contribution in [0.3, 0.4) is 0 Å². The van der Waals surface area contributed by atoms with Crippen molar-refractivity contribution < 1.29 is 20.1 Å². The standard InChI is InChI=1S/C37H26N3.C11H8N.Ir/c1-24-11-14-30-31-8-7-17-40-37(31)23-33(34(30)18-24)28-19-27(20-29(21-28)36-10-4-6-16-39-36)32-22-26(13-12-25(32)2)35-9-3-5-15-38-35;1-2-6-10(7-3-1)11-8-4-5-9-12-11;/h3-12,14-23H,1-2H3;1-6,8-9H;/q2*-1;. The molecule has 0 aliphatic carbocycles. The van der Waals surface area contributed by atoms with Crippen LogP contribution in [-0.4, -0.2) is 19.9 Å². The summed E-state index contributed by atoms with van der Waals surface area (Å²) in [7, 11) is 0. The first-order chi connectivity index (χ1) is 25.6. The average molecular weight is 859 g/mol. The van der Waals surface area contributed by atoms with E-state index in [2.05, 4.69) is 103 Å². The molecule has 0 unspecified atom stereocenters. The first kappa shape index (κ1) is 35.3. The topological polar surface area (TPSA) is 51.6 Å². The third kappa shape index (κ3) is 7.73. The van der Waals surface area contributed by atoms with Crippen LogP contribution in [-0.2, 0) is 20.1 Å². The fourth-order valence-electron chi connectivity index (χ4n) is 6.57. The Balaban J connectivity index is 0.000000284. The van der Waals surface area contributed by atoms with E-state index in [0.717, 1.165) is 72.5 Å². The second-order valence-electron chi connectivity index (χ2n) is 12.7. The van der Waals surface area contributed by atoms with Gasteiger partial charge >= 0.3 is 0 Å². The number of rotatable bonds is 5. The molecule has 5 aromatic carbocycles. The molecule has 0 bridgehead atoms. The fraction of sp³-hybridized carbons (Fsp3) is 0.0417. The average Bonchev–Trinajstić information content (AvgIpc) is 3.22. The number of hydrogen-bond acceptors (Lipinski definition) is 4. The predicted molar refractivity (Wildman–Crippen MR) is 213 cm³/mol. The van der Waals surface area contributed by atoms with Crippen LogP contribution in [0.25, 0.3) is 77.7 Å². The van der Waals surface area contributed by atoms with Crippen molar-refractivity contribution in [3.8, 4) is 56.0 Å². The van der Waals surface area contributed by atoms with E-state index in [4.69, 9.17) is 9.97 Å². The van der Waals surface area contributed by atoms with Crippen molar-refractivity contribution in [2.24, 2.45) is 0 Å². The van der Waals surface area contributed by atoms with E-state index in [1.165, 1.54) is 16.3 Å². The maximum absolute atomic E-state index is 4.74. The van der Waals surface area contributed by atoms with Crippen molar-refractivity contribution in [1.29, 1.82) is 0 Å².